The molecular weight excluding hydrogens is 238 g/mol. The Morgan fingerprint density at radius 2 is 2.47 bits per heavy atom. The topological polar surface area (TPSA) is 67.0 Å². The van der Waals surface area contributed by atoms with E-state index >= 15 is 0 Å². The largest absolute Gasteiger partial charge is 0.465 e. The van der Waals surface area contributed by atoms with Gasteiger partial charge in [-0.2, -0.15) is 0 Å². The fourth-order valence-corrected chi connectivity index (χ4v) is 2.23. The molecule has 0 fully saturated rings. The quantitative estimate of drug-likeness (QED) is 0.545. The van der Waals surface area contributed by atoms with Crippen molar-refractivity contribution in [2.75, 3.05) is 18.9 Å². The molecule has 1 heterocycles. The molecule has 1 aromatic rings. The Hall–Kier alpha value is -1.01. The summed E-state index contributed by atoms with van der Waals surface area (Å²) in [5.74, 6) is 0.652. The van der Waals surface area contributed by atoms with Gasteiger partial charge in [0.15, 0.2) is 5.16 Å². The van der Waals surface area contributed by atoms with Crippen molar-refractivity contribution in [1.29, 1.82) is 0 Å². The van der Waals surface area contributed by atoms with Crippen molar-refractivity contribution < 1.29 is 9.53 Å². The van der Waals surface area contributed by atoms with Gasteiger partial charge in [-0.25, -0.2) is 4.98 Å². The maximum atomic E-state index is 11.6. The van der Waals surface area contributed by atoms with Crippen molar-refractivity contribution in [2.24, 2.45) is 0 Å². The van der Waals surface area contributed by atoms with E-state index in [9.17, 15) is 4.79 Å². The Balaban J connectivity index is 2.31. The summed E-state index contributed by atoms with van der Waals surface area (Å²) < 4.78 is 5.01. The molecule has 0 amide bonds. The van der Waals surface area contributed by atoms with Crippen LogP contribution in [-0.4, -0.2) is 40.9 Å². The number of carbonyl (C=O) groups is 1. The van der Waals surface area contributed by atoms with Gasteiger partial charge in [-0.1, -0.05) is 18.7 Å². The van der Waals surface area contributed by atoms with E-state index in [-0.39, 0.29) is 12.0 Å². The molecule has 17 heavy (non-hydrogen) atoms. The highest BCUT2D eigenvalue weighted by Crippen LogP contribution is 2.14. The Bertz CT molecular complexity index is 317. The monoisotopic (exact) mass is 257 g/mol. The van der Waals surface area contributed by atoms with Crippen molar-refractivity contribution in [2.45, 2.75) is 31.5 Å². The Labute approximate surface area is 106 Å². The summed E-state index contributed by atoms with van der Waals surface area (Å²) in [7, 11) is 0. The van der Waals surface area contributed by atoms with Crippen LogP contribution < -0.4 is 5.32 Å². The first-order valence-electron chi connectivity index (χ1n) is 5.80. The number of hydrogen-bond donors (Lipinski definition) is 2. The van der Waals surface area contributed by atoms with E-state index in [1.54, 1.807) is 24.2 Å². The van der Waals surface area contributed by atoms with Crippen molar-refractivity contribution in [3.63, 3.8) is 0 Å². The van der Waals surface area contributed by atoms with Crippen LogP contribution in [0.3, 0.4) is 0 Å². The van der Waals surface area contributed by atoms with E-state index in [0.717, 1.165) is 23.9 Å². The second-order valence-corrected chi connectivity index (χ2v) is 4.48. The molecule has 1 aromatic heterocycles. The normalized spacial score (nSPS) is 12.4. The van der Waals surface area contributed by atoms with Gasteiger partial charge in [0.1, 0.15) is 6.04 Å². The molecule has 1 atom stereocenters. The van der Waals surface area contributed by atoms with E-state index in [1.807, 2.05) is 13.8 Å². The van der Waals surface area contributed by atoms with Crippen molar-refractivity contribution in [3.05, 3.63) is 12.4 Å². The van der Waals surface area contributed by atoms with Gasteiger partial charge in [-0.15, -0.1) is 0 Å². The van der Waals surface area contributed by atoms with Crippen LogP contribution in [0.4, 0.5) is 0 Å². The zero-order valence-electron chi connectivity index (χ0n) is 10.2. The van der Waals surface area contributed by atoms with Gasteiger partial charge < -0.3 is 15.0 Å². The number of thioether (sulfide) groups is 1. The number of nitrogens with zero attached hydrogens (tertiary/aromatic N) is 1. The lowest BCUT2D eigenvalue weighted by molar-refractivity contribution is -0.145. The average molecular weight is 257 g/mol. The van der Waals surface area contributed by atoms with Crippen LogP contribution >= 0.6 is 11.8 Å². The summed E-state index contributed by atoms with van der Waals surface area (Å²) in [4.78, 5) is 18.7. The summed E-state index contributed by atoms with van der Waals surface area (Å²) in [6.45, 7) is 4.98. The van der Waals surface area contributed by atoms with Gasteiger partial charge in [0.25, 0.3) is 0 Å². The van der Waals surface area contributed by atoms with Gasteiger partial charge in [-0.3, -0.25) is 4.79 Å². The van der Waals surface area contributed by atoms with Crippen LogP contribution in [0.1, 0.15) is 20.3 Å². The number of aromatic amines is 1. The molecule has 0 bridgehead atoms. The lowest BCUT2D eigenvalue weighted by Crippen LogP contribution is -2.38. The number of ether oxygens (including phenoxy) is 1. The van der Waals surface area contributed by atoms with Crippen LogP contribution in [0.25, 0.3) is 0 Å². The number of carbonyl (C=O) groups excluding carboxylic acids is 1. The van der Waals surface area contributed by atoms with Crippen molar-refractivity contribution in [1.82, 2.24) is 15.3 Å². The molecule has 0 radical (unpaired) electrons. The number of likely N-dealkylation sites (N-methyl/N-ethyl adjacent to an activating group) is 1. The van der Waals surface area contributed by atoms with E-state index in [0.29, 0.717) is 6.61 Å². The van der Waals surface area contributed by atoms with Crippen molar-refractivity contribution >= 4 is 17.7 Å². The van der Waals surface area contributed by atoms with Gasteiger partial charge in [0.2, 0.25) is 0 Å². The number of aromatic nitrogens is 2. The van der Waals surface area contributed by atoms with Gasteiger partial charge in [0.05, 0.1) is 6.61 Å². The minimum absolute atomic E-state index is 0.172. The summed E-state index contributed by atoms with van der Waals surface area (Å²) in [6, 6.07) is -0.220. The fourth-order valence-electron chi connectivity index (χ4n) is 1.40. The SMILES string of the molecule is CCNC(CCSc1ncc[nH]1)C(=O)OCC. The van der Waals surface area contributed by atoms with Crippen LogP contribution in [-0.2, 0) is 9.53 Å². The molecule has 5 nitrogen and oxygen atoms in total. The van der Waals surface area contributed by atoms with Gasteiger partial charge in [0, 0.05) is 18.1 Å². The zero-order chi connectivity index (χ0) is 12.5. The molecule has 1 rings (SSSR count). The average Bonchev–Trinajstić information content (AvgIpc) is 2.81. The second kappa shape index (κ2) is 8.14. The second-order valence-electron chi connectivity index (χ2n) is 3.39. The predicted octanol–water partition coefficient (Wildman–Crippen LogP) is 1.43. The van der Waals surface area contributed by atoms with E-state index in [2.05, 4.69) is 15.3 Å². The third-order valence-corrected chi connectivity index (χ3v) is 3.08. The van der Waals surface area contributed by atoms with Gasteiger partial charge >= 0.3 is 5.97 Å². The number of hydrogen-bond acceptors (Lipinski definition) is 5. The highest BCUT2D eigenvalue weighted by atomic mass is 32.2. The summed E-state index contributed by atoms with van der Waals surface area (Å²) in [6.07, 6.45) is 4.24. The first-order chi connectivity index (χ1) is 8.27. The molecule has 0 aliphatic rings. The van der Waals surface area contributed by atoms with Crippen LogP contribution in [0, 0.1) is 0 Å². The molecule has 2 N–H and O–H groups in total. The molecule has 0 aliphatic carbocycles. The standard InChI is InChI=1S/C11H19N3O2S/c1-3-12-9(10(15)16-4-2)5-8-17-11-13-6-7-14-11/h6-7,9,12H,3-5,8H2,1-2H3,(H,13,14). The van der Waals surface area contributed by atoms with Crippen LogP contribution in [0.15, 0.2) is 17.6 Å². The third-order valence-electron chi connectivity index (χ3n) is 2.14. The van der Waals surface area contributed by atoms with E-state index in [1.165, 1.54) is 0 Å². The maximum absolute atomic E-state index is 11.6. The highest BCUT2D eigenvalue weighted by Gasteiger charge is 2.18. The summed E-state index contributed by atoms with van der Waals surface area (Å²) >= 11 is 1.60. The van der Waals surface area contributed by atoms with Crippen LogP contribution in [0.5, 0.6) is 0 Å². The first-order valence-corrected chi connectivity index (χ1v) is 6.78. The third kappa shape index (κ3) is 5.23. The molecule has 0 saturated carbocycles. The Morgan fingerprint density at radius 1 is 1.65 bits per heavy atom. The highest BCUT2D eigenvalue weighted by molar-refractivity contribution is 7.99. The molecule has 96 valence electrons. The summed E-state index contributed by atoms with van der Waals surface area (Å²) in [5.41, 5.74) is 0. The first kappa shape index (κ1) is 14.1. The Morgan fingerprint density at radius 3 is 3.06 bits per heavy atom. The molecule has 0 aliphatic heterocycles. The molecule has 0 saturated heterocycles. The Kier molecular flexibility index (Phi) is 6.73. The fraction of sp³-hybridized carbons (Fsp3) is 0.636. The molecular formula is C11H19N3O2S. The molecule has 1 unspecified atom stereocenters. The number of nitrogens with one attached hydrogen (secondary N) is 2. The van der Waals surface area contributed by atoms with Gasteiger partial charge in [-0.05, 0) is 19.9 Å². The number of imidazole rings is 1. The van der Waals surface area contributed by atoms with Crippen molar-refractivity contribution in [3.8, 4) is 0 Å². The predicted molar refractivity (Wildman–Crippen MR) is 68.0 cm³/mol. The smallest absolute Gasteiger partial charge is 0.323 e. The number of esters is 1. The summed E-state index contributed by atoms with van der Waals surface area (Å²) in [5, 5.41) is 4.01. The minimum Gasteiger partial charge on any atom is -0.465 e. The molecule has 0 spiro atoms. The van der Waals surface area contributed by atoms with E-state index in [4.69, 9.17) is 4.74 Å². The number of rotatable bonds is 8. The lowest BCUT2D eigenvalue weighted by atomic mass is 10.2. The minimum atomic E-state index is -0.220. The van der Waals surface area contributed by atoms with E-state index < -0.39 is 0 Å². The number of H-pyrrole nitrogens is 1. The van der Waals surface area contributed by atoms with Crippen LogP contribution in [0.2, 0.25) is 0 Å². The zero-order valence-corrected chi connectivity index (χ0v) is 11.0. The maximum Gasteiger partial charge on any atom is 0.323 e. The lowest BCUT2D eigenvalue weighted by Gasteiger charge is -2.15. The molecule has 0 aromatic carbocycles. The molecule has 6 heteroatoms.